The summed E-state index contributed by atoms with van der Waals surface area (Å²) < 4.78 is 0. The molecule has 6 heteroatoms. The molecule has 0 saturated carbocycles. The Morgan fingerprint density at radius 1 is 1.23 bits per heavy atom. The Labute approximate surface area is 131 Å². The summed E-state index contributed by atoms with van der Waals surface area (Å²) in [5.41, 5.74) is 5.84. The number of hydrogen-bond donors (Lipinski definition) is 1. The second kappa shape index (κ2) is 7.24. The first-order chi connectivity index (χ1) is 10.1. The fourth-order valence-electron chi connectivity index (χ4n) is 2.44. The number of nitrogens with zero attached hydrogens (tertiary/aromatic N) is 2. The molecule has 0 aliphatic carbocycles. The SMILES string of the molecule is Cc1cc(C(C)(C)C)cc(C)c1CC1=NCCN1.O=[N+]([O-])[O-]. The zero-order chi connectivity index (χ0) is 16.9. The first-order valence-corrected chi connectivity index (χ1v) is 7.30. The van der Waals surface area contributed by atoms with Crippen LogP contribution >= 0.6 is 0 Å². The number of benzene rings is 1. The molecule has 1 aromatic rings. The lowest BCUT2D eigenvalue weighted by Crippen LogP contribution is -2.22. The van der Waals surface area contributed by atoms with Gasteiger partial charge in [0.25, 0.3) is 0 Å². The highest BCUT2D eigenvalue weighted by Crippen LogP contribution is 2.27. The monoisotopic (exact) mass is 306 g/mol. The molecule has 1 aliphatic rings. The molecule has 0 spiro atoms. The van der Waals surface area contributed by atoms with E-state index in [1.54, 1.807) is 0 Å². The molecule has 0 amide bonds. The molecule has 0 bridgehead atoms. The second-order valence-electron chi connectivity index (χ2n) is 6.49. The molecule has 0 aromatic heterocycles. The Morgan fingerprint density at radius 2 is 1.73 bits per heavy atom. The second-order valence-corrected chi connectivity index (χ2v) is 6.49. The van der Waals surface area contributed by atoms with Crippen molar-refractivity contribution >= 4 is 5.84 Å². The molecule has 0 fully saturated rings. The Kier molecular flexibility index (Phi) is 5.91. The van der Waals surface area contributed by atoms with Gasteiger partial charge in [-0.2, -0.15) is 0 Å². The number of aliphatic imine (C=N–C) groups is 1. The van der Waals surface area contributed by atoms with E-state index in [9.17, 15) is 0 Å². The van der Waals surface area contributed by atoms with Gasteiger partial charge in [0.2, 0.25) is 0 Å². The van der Waals surface area contributed by atoms with Gasteiger partial charge in [-0.05, 0) is 41.5 Å². The molecule has 0 saturated heterocycles. The smallest absolute Gasteiger partial charge is 0.101 e. The van der Waals surface area contributed by atoms with E-state index < -0.39 is 5.09 Å². The molecule has 0 atom stereocenters. The summed E-state index contributed by atoms with van der Waals surface area (Å²) in [6.45, 7) is 13.2. The van der Waals surface area contributed by atoms with E-state index >= 15 is 0 Å². The quantitative estimate of drug-likeness (QED) is 0.672. The highest BCUT2D eigenvalue weighted by Gasteiger charge is 2.17. The predicted molar refractivity (Wildman–Crippen MR) is 89.0 cm³/mol. The van der Waals surface area contributed by atoms with Crippen LogP contribution in [0.2, 0.25) is 0 Å². The lowest BCUT2D eigenvalue weighted by atomic mass is 9.83. The summed E-state index contributed by atoms with van der Waals surface area (Å²) in [6.07, 6.45) is 0.947. The largest absolute Gasteiger partial charge is 0.372 e. The van der Waals surface area contributed by atoms with Gasteiger partial charge in [-0.3, -0.25) is 4.99 Å². The maximum Gasteiger partial charge on any atom is 0.101 e. The minimum absolute atomic E-state index is 0.219. The van der Waals surface area contributed by atoms with E-state index in [-0.39, 0.29) is 5.41 Å². The Morgan fingerprint density at radius 3 is 2.09 bits per heavy atom. The Hall–Kier alpha value is -2.11. The summed E-state index contributed by atoms with van der Waals surface area (Å²) in [4.78, 5) is 12.7. The van der Waals surface area contributed by atoms with E-state index in [0.717, 1.165) is 25.3 Å². The van der Waals surface area contributed by atoms with Gasteiger partial charge in [0.15, 0.2) is 0 Å². The minimum Gasteiger partial charge on any atom is -0.372 e. The lowest BCUT2D eigenvalue weighted by Gasteiger charge is -2.22. The summed E-state index contributed by atoms with van der Waals surface area (Å²) in [5.74, 6) is 1.14. The topological polar surface area (TPSA) is 90.6 Å². The van der Waals surface area contributed by atoms with Crippen LogP contribution in [-0.4, -0.2) is 24.0 Å². The molecule has 6 nitrogen and oxygen atoms in total. The van der Waals surface area contributed by atoms with Crippen molar-refractivity contribution in [2.24, 2.45) is 4.99 Å². The molecule has 2 rings (SSSR count). The van der Waals surface area contributed by atoms with Gasteiger partial charge in [0.05, 0.1) is 11.6 Å². The number of aryl methyl sites for hydroxylation is 2. The third kappa shape index (κ3) is 5.35. The van der Waals surface area contributed by atoms with Gasteiger partial charge in [0, 0.05) is 13.0 Å². The average Bonchev–Trinajstić information content (AvgIpc) is 2.84. The van der Waals surface area contributed by atoms with E-state index in [4.69, 9.17) is 15.3 Å². The number of nitrogens with one attached hydrogen (secondary N) is 1. The van der Waals surface area contributed by atoms with Crippen molar-refractivity contribution in [3.63, 3.8) is 0 Å². The predicted octanol–water partition coefficient (Wildman–Crippen LogP) is 2.91. The molecule has 1 heterocycles. The first kappa shape index (κ1) is 17.9. The van der Waals surface area contributed by atoms with E-state index in [1.807, 2.05) is 0 Å². The number of hydrogen-bond acceptors (Lipinski definition) is 5. The molecular weight excluding hydrogens is 282 g/mol. The average molecular weight is 306 g/mol. The van der Waals surface area contributed by atoms with Gasteiger partial charge >= 0.3 is 0 Å². The normalized spacial score (nSPS) is 13.8. The zero-order valence-corrected chi connectivity index (χ0v) is 13.9. The molecule has 1 aliphatic heterocycles. The minimum atomic E-state index is -1.75. The van der Waals surface area contributed by atoms with Crippen LogP contribution in [0.15, 0.2) is 17.1 Å². The van der Waals surface area contributed by atoms with Crippen LogP contribution in [0.25, 0.3) is 0 Å². The third-order valence-electron chi connectivity index (χ3n) is 3.65. The van der Waals surface area contributed by atoms with Gasteiger partial charge < -0.3 is 20.6 Å². The van der Waals surface area contributed by atoms with E-state index in [2.05, 4.69) is 57.1 Å². The van der Waals surface area contributed by atoms with Gasteiger partial charge in [-0.25, -0.2) is 0 Å². The van der Waals surface area contributed by atoms with Gasteiger partial charge in [-0.15, -0.1) is 0 Å². The highest BCUT2D eigenvalue weighted by molar-refractivity contribution is 5.86. The first-order valence-electron chi connectivity index (χ1n) is 7.30. The molecule has 22 heavy (non-hydrogen) atoms. The van der Waals surface area contributed by atoms with Crippen LogP contribution in [0, 0.1) is 29.2 Å². The third-order valence-corrected chi connectivity index (χ3v) is 3.65. The van der Waals surface area contributed by atoms with Gasteiger partial charge in [0.1, 0.15) is 5.84 Å². The molecule has 1 aromatic carbocycles. The fraction of sp³-hybridized carbons (Fsp3) is 0.562. The van der Waals surface area contributed by atoms with Crippen LogP contribution in [0.3, 0.4) is 0 Å². The fourth-order valence-corrected chi connectivity index (χ4v) is 2.44. The maximum atomic E-state index is 8.25. The molecule has 122 valence electrons. The summed E-state index contributed by atoms with van der Waals surface area (Å²) >= 11 is 0. The van der Waals surface area contributed by atoms with Crippen molar-refractivity contribution < 1.29 is 5.09 Å². The standard InChI is InChI=1S/C16H24N2.NO3/c1-11-8-13(16(3,4)5)9-12(2)14(11)10-15-17-6-7-18-15;2-1(3)4/h8-9H,6-7,10H2,1-5H3,(H,17,18);/q;-1. The van der Waals surface area contributed by atoms with Crippen molar-refractivity contribution in [2.45, 2.75) is 46.5 Å². The lowest BCUT2D eigenvalue weighted by molar-refractivity contribution is -0.402. The van der Waals surface area contributed by atoms with Crippen LogP contribution in [0.5, 0.6) is 0 Å². The summed E-state index contributed by atoms with van der Waals surface area (Å²) in [6, 6.07) is 4.66. The van der Waals surface area contributed by atoms with E-state index in [0.29, 0.717) is 0 Å². The number of amidine groups is 1. The maximum absolute atomic E-state index is 8.25. The van der Waals surface area contributed by atoms with Crippen molar-refractivity contribution in [1.29, 1.82) is 0 Å². The van der Waals surface area contributed by atoms with Crippen molar-refractivity contribution in [3.05, 3.63) is 49.7 Å². The van der Waals surface area contributed by atoms with Crippen LogP contribution in [-0.2, 0) is 11.8 Å². The molecule has 0 unspecified atom stereocenters. The van der Waals surface area contributed by atoms with Crippen molar-refractivity contribution in [1.82, 2.24) is 5.32 Å². The summed E-state index contributed by atoms with van der Waals surface area (Å²) in [7, 11) is 0. The van der Waals surface area contributed by atoms with Crippen molar-refractivity contribution in [3.8, 4) is 0 Å². The van der Waals surface area contributed by atoms with Crippen LogP contribution < -0.4 is 5.32 Å². The van der Waals surface area contributed by atoms with Crippen LogP contribution in [0.4, 0.5) is 0 Å². The zero-order valence-electron chi connectivity index (χ0n) is 13.9. The molecule has 1 N–H and O–H groups in total. The summed E-state index contributed by atoms with van der Waals surface area (Å²) in [5, 5.41) is 18.1. The van der Waals surface area contributed by atoms with Gasteiger partial charge in [-0.1, -0.05) is 32.9 Å². The molecular formula is C16H24N3O3-. The highest BCUT2D eigenvalue weighted by atomic mass is 16.9. The Balaban J connectivity index is 0.000000541. The Bertz CT molecular complexity index is 547. The van der Waals surface area contributed by atoms with Crippen molar-refractivity contribution in [2.75, 3.05) is 13.1 Å². The van der Waals surface area contributed by atoms with Crippen LogP contribution in [0.1, 0.15) is 43.0 Å². The number of rotatable bonds is 2. The molecule has 0 radical (unpaired) electrons. The van der Waals surface area contributed by atoms with E-state index in [1.165, 1.54) is 22.3 Å².